The maximum Gasteiger partial charge on any atom is 0.123 e. The number of nitrogens with zero attached hydrogens (tertiary/aromatic N) is 2. The maximum atomic E-state index is 13.3. The van der Waals surface area contributed by atoms with E-state index in [0.717, 1.165) is 22.5 Å². The van der Waals surface area contributed by atoms with Crippen molar-refractivity contribution in [2.24, 2.45) is 12.9 Å². The Hall–Kier alpha value is -1.72. The molecular weight excluding hydrogens is 243 g/mol. The largest absolute Gasteiger partial charge is 0.273 e. The first kappa shape index (κ1) is 13.7. The van der Waals surface area contributed by atoms with E-state index in [4.69, 9.17) is 5.84 Å². The predicted octanol–water partition coefficient (Wildman–Crippen LogP) is 1.92. The quantitative estimate of drug-likeness (QED) is 0.654. The molecule has 0 spiro atoms. The average molecular weight is 262 g/mol. The van der Waals surface area contributed by atoms with Gasteiger partial charge in [0.15, 0.2) is 0 Å². The van der Waals surface area contributed by atoms with Crippen molar-refractivity contribution in [2.45, 2.75) is 26.3 Å². The minimum absolute atomic E-state index is 0.125. The number of rotatable bonds is 4. The van der Waals surface area contributed by atoms with Crippen molar-refractivity contribution in [1.29, 1.82) is 0 Å². The van der Waals surface area contributed by atoms with E-state index in [1.165, 1.54) is 6.07 Å². The summed E-state index contributed by atoms with van der Waals surface area (Å²) in [5.74, 6) is 5.38. The molecule has 4 nitrogen and oxygen atoms in total. The zero-order chi connectivity index (χ0) is 14.0. The molecule has 0 aliphatic heterocycles. The van der Waals surface area contributed by atoms with Crippen LogP contribution in [0.1, 0.15) is 28.6 Å². The first-order valence-corrected chi connectivity index (χ1v) is 6.23. The third kappa shape index (κ3) is 3.00. The van der Waals surface area contributed by atoms with E-state index in [1.807, 2.05) is 27.0 Å². The van der Waals surface area contributed by atoms with E-state index < -0.39 is 0 Å². The Kier molecular flexibility index (Phi) is 3.97. The summed E-state index contributed by atoms with van der Waals surface area (Å²) >= 11 is 0. The highest BCUT2D eigenvalue weighted by Gasteiger charge is 2.16. The molecule has 102 valence electrons. The molecule has 1 atom stereocenters. The molecule has 0 fully saturated rings. The second kappa shape index (κ2) is 5.50. The van der Waals surface area contributed by atoms with E-state index >= 15 is 0 Å². The summed E-state index contributed by atoms with van der Waals surface area (Å²) in [5.41, 5.74) is 6.67. The van der Waals surface area contributed by atoms with E-state index in [9.17, 15) is 4.39 Å². The molecule has 0 radical (unpaired) electrons. The zero-order valence-electron chi connectivity index (χ0n) is 11.4. The lowest BCUT2D eigenvalue weighted by molar-refractivity contribution is 0.525. The van der Waals surface area contributed by atoms with Crippen LogP contribution in [0.25, 0.3) is 0 Å². The van der Waals surface area contributed by atoms with Crippen LogP contribution >= 0.6 is 0 Å². The van der Waals surface area contributed by atoms with Crippen LogP contribution in [0.2, 0.25) is 0 Å². The van der Waals surface area contributed by atoms with Crippen LogP contribution in [0, 0.1) is 19.7 Å². The highest BCUT2D eigenvalue weighted by atomic mass is 19.1. The van der Waals surface area contributed by atoms with Gasteiger partial charge in [0.2, 0.25) is 0 Å². The first-order valence-electron chi connectivity index (χ1n) is 6.23. The third-order valence-corrected chi connectivity index (χ3v) is 3.43. The lowest BCUT2D eigenvalue weighted by Gasteiger charge is -2.15. The van der Waals surface area contributed by atoms with Gasteiger partial charge >= 0.3 is 0 Å². The van der Waals surface area contributed by atoms with Crippen LogP contribution in [0.15, 0.2) is 24.3 Å². The van der Waals surface area contributed by atoms with E-state index in [0.29, 0.717) is 6.42 Å². The SMILES string of the molecule is Cc1ccc(F)cc1CC(NN)c1cc(C)n(C)n1. The van der Waals surface area contributed by atoms with Crippen LogP contribution in [-0.2, 0) is 13.5 Å². The Labute approximate surface area is 112 Å². The van der Waals surface area contributed by atoms with Gasteiger partial charge in [-0.15, -0.1) is 0 Å². The molecule has 19 heavy (non-hydrogen) atoms. The predicted molar refractivity (Wildman–Crippen MR) is 72.9 cm³/mol. The number of nitrogens with two attached hydrogens (primary N) is 1. The minimum atomic E-state index is -0.228. The van der Waals surface area contributed by atoms with Crippen LogP contribution in [0.3, 0.4) is 0 Å². The van der Waals surface area contributed by atoms with E-state index in [-0.39, 0.29) is 11.9 Å². The number of benzene rings is 1. The number of aromatic nitrogens is 2. The normalized spacial score (nSPS) is 12.7. The van der Waals surface area contributed by atoms with Gasteiger partial charge in [0, 0.05) is 12.7 Å². The highest BCUT2D eigenvalue weighted by Crippen LogP contribution is 2.20. The fraction of sp³-hybridized carbons (Fsp3) is 0.357. The second-order valence-corrected chi connectivity index (χ2v) is 4.83. The fourth-order valence-electron chi connectivity index (χ4n) is 2.09. The minimum Gasteiger partial charge on any atom is -0.273 e. The van der Waals surface area contributed by atoms with Gasteiger partial charge < -0.3 is 0 Å². The van der Waals surface area contributed by atoms with Crippen molar-refractivity contribution in [1.82, 2.24) is 15.2 Å². The highest BCUT2D eigenvalue weighted by molar-refractivity contribution is 5.28. The number of hydrogen-bond acceptors (Lipinski definition) is 3. The molecule has 1 aromatic heterocycles. The summed E-state index contributed by atoms with van der Waals surface area (Å²) < 4.78 is 15.1. The van der Waals surface area contributed by atoms with Gasteiger partial charge in [-0.3, -0.25) is 16.0 Å². The molecule has 5 heteroatoms. The Bertz CT molecular complexity index is 557. The lowest BCUT2D eigenvalue weighted by atomic mass is 9.99. The molecule has 1 aromatic carbocycles. The summed E-state index contributed by atoms with van der Waals surface area (Å²) in [6.07, 6.45) is 0.608. The molecule has 3 N–H and O–H groups in total. The van der Waals surface area contributed by atoms with Gasteiger partial charge in [-0.05, 0) is 49.6 Å². The maximum absolute atomic E-state index is 13.3. The average Bonchev–Trinajstić information content (AvgIpc) is 2.70. The van der Waals surface area contributed by atoms with Gasteiger partial charge in [0.1, 0.15) is 5.82 Å². The summed E-state index contributed by atoms with van der Waals surface area (Å²) in [6, 6.07) is 6.66. The smallest absolute Gasteiger partial charge is 0.123 e. The molecule has 0 amide bonds. The van der Waals surface area contributed by atoms with Gasteiger partial charge in [-0.1, -0.05) is 6.07 Å². The van der Waals surface area contributed by atoms with Gasteiger partial charge in [0.05, 0.1) is 11.7 Å². The van der Waals surface area contributed by atoms with E-state index in [2.05, 4.69) is 10.5 Å². The Morgan fingerprint density at radius 1 is 1.37 bits per heavy atom. The van der Waals surface area contributed by atoms with E-state index in [1.54, 1.807) is 16.8 Å². The zero-order valence-corrected chi connectivity index (χ0v) is 11.4. The van der Waals surface area contributed by atoms with Crippen molar-refractivity contribution in [3.05, 3.63) is 52.6 Å². The molecule has 2 aromatic rings. The number of aryl methyl sites for hydroxylation is 3. The molecule has 0 aliphatic carbocycles. The van der Waals surface area contributed by atoms with Crippen molar-refractivity contribution < 1.29 is 4.39 Å². The standard InChI is InChI=1S/C14H19FN4/c1-9-4-5-12(15)7-11(9)8-13(17-16)14-6-10(2)19(3)18-14/h4-7,13,17H,8,16H2,1-3H3. The van der Waals surface area contributed by atoms with Crippen LogP contribution < -0.4 is 11.3 Å². The topological polar surface area (TPSA) is 55.9 Å². The summed E-state index contributed by atoms with van der Waals surface area (Å²) in [4.78, 5) is 0. The number of halogens is 1. The Balaban J connectivity index is 2.26. The summed E-state index contributed by atoms with van der Waals surface area (Å²) in [7, 11) is 1.89. The van der Waals surface area contributed by atoms with Gasteiger partial charge in [-0.25, -0.2) is 4.39 Å². The van der Waals surface area contributed by atoms with Crippen molar-refractivity contribution >= 4 is 0 Å². The molecule has 0 saturated heterocycles. The number of hydrogen-bond donors (Lipinski definition) is 2. The van der Waals surface area contributed by atoms with Gasteiger partial charge in [-0.2, -0.15) is 5.10 Å². The summed E-state index contributed by atoms with van der Waals surface area (Å²) in [6.45, 7) is 3.95. The summed E-state index contributed by atoms with van der Waals surface area (Å²) in [5, 5.41) is 4.41. The first-order chi connectivity index (χ1) is 9.01. The molecular formula is C14H19FN4. The van der Waals surface area contributed by atoms with Gasteiger partial charge in [0.25, 0.3) is 0 Å². The molecule has 1 heterocycles. The number of nitrogens with one attached hydrogen (secondary N) is 1. The molecule has 0 bridgehead atoms. The molecule has 0 aliphatic rings. The van der Waals surface area contributed by atoms with Crippen molar-refractivity contribution in [2.75, 3.05) is 0 Å². The van der Waals surface area contributed by atoms with Crippen molar-refractivity contribution in [3.8, 4) is 0 Å². The second-order valence-electron chi connectivity index (χ2n) is 4.83. The number of hydrazine groups is 1. The monoisotopic (exact) mass is 262 g/mol. The van der Waals surface area contributed by atoms with Crippen molar-refractivity contribution in [3.63, 3.8) is 0 Å². The van der Waals surface area contributed by atoms with Crippen LogP contribution in [0.5, 0.6) is 0 Å². The lowest BCUT2D eigenvalue weighted by Crippen LogP contribution is -2.30. The molecule has 1 unspecified atom stereocenters. The third-order valence-electron chi connectivity index (χ3n) is 3.43. The Morgan fingerprint density at radius 3 is 2.68 bits per heavy atom. The van der Waals surface area contributed by atoms with Crippen LogP contribution in [0.4, 0.5) is 4.39 Å². The fourth-order valence-corrected chi connectivity index (χ4v) is 2.09. The molecule has 0 saturated carbocycles. The molecule has 2 rings (SSSR count). The Morgan fingerprint density at radius 2 is 2.11 bits per heavy atom. The van der Waals surface area contributed by atoms with Crippen LogP contribution in [-0.4, -0.2) is 9.78 Å².